The predicted octanol–water partition coefficient (Wildman–Crippen LogP) is 2.18. The largest absolute Gasteiger partial charge is 0.335 e. The van der Waals surface area contributed by atoms with Crippen molar-refractivity contribution in [2.24, 2.45) is 5.84 Å². The zero-order valence-electron chi connectivity index (χ0n) is 11.0. The summed E-state index contributed by atoms with van der Waals surface area (Å²) in [5.41, 5.74) is 3.24. The minimum absolute atomic E-state index is 0.251. The van der Waals surface area contributed by atoms with Crippen LogP contribution in [0.1, 0.15) is 30.8 Å². The van der Waals surface area contributed by atoms with Gasteiger partial charge < -0.3 is 4.57 Å². The van der Waals surface area contributed by atoms with Gasteiger partial charge in [-0.15, -0.1) is 0 Å². The van der Waals surface area contributed by atoms with E-state index in [-0.39, 0.29) is 11.9 Å². The molecule has 1 aromatic heterocycles. The second-order valence-corrected chi connectivity index (χ2v) is 4.48. The van der Waals surface area contributed by atoms with Crippen LogP contribution in [0.5, 0.6) is 0 Å². The van der Waals surface area contributed by atoms with Gasteiger partial charge in [0.2, 0.25) is 0 Å². The number of aromatic nitrogens is 2. The average molecular weight is 262 g/mol. The van der Waals surface area contributed by atoms with Gasteiger partial charge in [0.15, 0.2) is 0 Å². The molecule has 0 amide bonds. The molecule has 0 radical (unpaired) electrons. The van der Waals surface area contributed by atoms with Crippen LogP contribution in [-0.4, -0.2) is 9.55 Å². The molecule has 1 atom stereocenters. The van der Waals surface area contributed by atoms with Crippen LogP contribution in [0.15, 0.2) is 36.7 Å². The van der Waals surface area contributed by atoms with Crippen molar-refractivity contribution < 1.29 is 4.39 Å². The highest BCUT2D eigenvalue weighted by Gasteiger charge is 2.16. The molecule has 4 nitrogen and oxygen atoms in total. The molecule has 1 aromatic carbocycles. The molecule has 1 heterocycles. The molecule has 19 heavy (non-hydrogen) atoms. The highest BCUT2D eigenvalue weighted by atomic mass is 19.1. The van der Waals surface area contributed by atoms with Crippen molar-refractivity contribution in [3.8, 4) is 0 Å². The number of nitrogens with one attached hydrogen (secondary N) is 1. The summed E-state index contributed by atoms with van der Waals surface area (Å²) >= 11 is 0. The topological polar surface area (TPSA) is 55.9 Å². The second kappa shape index (κ2) is 6.45. The number of nitrogens with two attached hydrogens (primary N) is 1. The smallest absolute Gasteiger partial charge is 0.128 e. The fraction of sp³-hybridized carbons (Fsp3) is 0.357. The summed E-state index contributed by atoms with van der Waals surface area (Å²) in [6, 6.07) is 6.39. The summed E-state index contributed by atoms with van der Waals surface area (Å²) in [6.07, 6.45) is 5.29. The average Bonchev–Trinajstić information content (AvgIpc) is 2.85. The van der Waals surface area contributed by atoms with Crippen LogP contribution in [0, 0.1) is 5.82 Å². The van der Waals surface area contributed by atoms with Crippen LogP contribution in [0.25, 0.3) is 0 Å². The van der Waals surface area contributed by atoms with Crippen molar-refractivity contribution in [1.82, 2.24) is 15.0 Å². The van der Waals surface area contributed by atoms with Gasteiger partial charge in [0.1, 0.15) is 11.6 Å². The Labute approximate surface area is 112 Å². The molecule has 0 bridgehead atoms. The van der Waals surface area contributed by atoms with Gasteiger partial charge in [-0.3, -0.25) is 11.3 Å². The van der Waals surface area contributed by atoms with Crippen LogP contribution >= 0.6 is 0 Å². The number of hydrazine groups is 1. The van der Waals surface area contributed by atoms with E-state index in [4.69, 9.17) is 5.84 Å². The van der Waals surface area contributed by atoms with E-state index in [2.05, 4.69) is 21.9 Å². The molecule has 2 aromatic rings. The normalized spacial score (nSPS) is 12.6. The first-order chi connectivity index (χ1) is 9.26. The van der Waals surface area contributed by atoms with E-state index in [1.165, 1.54) is 6.07 Å². The number of rotatable bonds is 6. The predicted molar refractivity (Wildman–Crippen MR) is 72.7 cm³/mol. The number of hydrogen-bond acceptors (Lipinski definition) is 3. The molecule has 0 saturated carbocycles. The van der Waals surface area contributed by atoms with Gasteiger partial charge in [-0.25, -0.2) is 9.37 Å². The maximum absolute atomic E-state index is 13.8. The fourth-order valence-corrected chi connectivity index (χ4v) is 2.17. The zero-order chi connectivity index (χ0) is 13.7. The molecule has 0 fully saturated rings. The van der Waals surface area contributed by atoms with E-state index in [9.17, 15) is 4.39 Å². The number of benzene rings is 1. The zero-order valence-corrected chi connectivity index (χ0v) is 11.0. The molecule has 1 unspecified atom stereocenters. The summed E-state index contributed by atoms with van der Waals surface area (Å²) in [5.74, 6) is 6.22. The minimum atomic E-state index is -0.279. The molecule has 5 heteroatoms. The van der Waals surface area contributed by atoms with E-state index in [0.29, 0.717) is 12.0 Å². The van der Waals surface area contributed by atoms with Gasteiger partial charge in [0.25, 0.3) is 0 Å². The Hall–Kier alpha value is -1.72. The first kappa shape index (κ1) is 13.7. The standard InChI is InChI=1S/C14H19FN4/c1-2-8-19-9-7-17-14(19)10-13(18-16)11-5-3-4-6-12(11)15/h3-7,9,13,18H,2,8,10,16H2,1H3. The molecule has 3 N–H and O–H groups in total. The Bertz CT molecular complexity index is 524. The number of nitrogens with zero attached hydrogens (tertiary/aromatic N) is 2. The lowest BCUT2D eigenvalue weighted by atomic mass is 10.0. The van der Waals surface area contributed by atoms with Crippen LogP contribution in [0.3, 0.4) is 0 Å². The Balaban J connectivity index is 2.19. The monoisotopic (exact) mass is 262 g/mol. The molecule has 102 valence electrons. The van der Waals surface area contributed by atoms with Crippen LogP contribution < -0.4 is 11.3 Å². The SMILES string of the molecule is CCCn1ccnc1CC(NN)c1ccccc1F. The Morgan fingerprint density at radius 3 is 2.89 bits per heavy atom. The van der Waals surface area contributed by atoms with E-state index in [1.807, 2.05) is 6.20 Å². The molecule has 0 aliphatic carbocycles. The van der Waals surface area contributed by atoms with Crippen LogP contribution in [-0.2, 0) is 13.0 Å². The van der Waals surface area contributed by atoms with Crippen molar-refractivity contribution in [2.45, 2.75) is 32.4 Å². The third-order valence-corrected chi connectivity index (χ3v) is 3.13. The van der Waals surface area contributed by atoms with Crippen molar-refractivity contribution in [3.05, 3.63) is 53.9 Å². The number of halogens is 1. The molecule has 0 aliphatic heterocycles. The molecule has 0 saturated heterocycles. The molecule has 0 aliphatic rings. The third-order valence-electron chi connectivity index (χ3n) is 3.13. The van der Waals surface area contributed by atoms with Crippen molar-refractivity contribution in [2.75, 3.05) is 0 Å². The van der Waals surface area contributed by atoms with E-state index in [0.717, 1.165) is 18.8 Å². The first-order valence-corrected chi connectivity index (χ1v) is 6.46. The third kappa shape index (κ3) is 3.19. The number of hydrogen-bond donors (Lipinski definition) is 2. The maximum Gasteiger partial charge on any atom is 0.128 e. The fourth-order valence-electron chi connectivity index (χ4n) is 2.17. The van der Waals surface area contributed by atoms with Gasteiger partial charge in [-0.1, -0.05) is 25.1 Å². The van der Waals surface area contributed by atoms with Crippen molar-refractivity contribution in [1.29, 1.82) is 0 Å². The second-order valence-electron chi connectivity index (χ2n) is 4.48. The van der Waals surface area contributed by atoms with Crippen molar-refractivity contribution >= 4 is 0 Å². The lowest BCUT2D eigenvalue weighted by Gasteiger charge is -2.17. The van der Waals surface area contributed by atoms with Gasteiger partial charge in [-0.2, -0.15) is 0 Å². The maximum atomic E-state index is 13.8. The van der Waals surface area contributed by atoms with Crippen LogP contribution in [0.4, 0.5) is 4.39 Å². The molecule has 0 spiro atoms. The Kier molecular flexibility index (Phi) is 4.65. The highest BCUT2D eigenvalue weighted by molar-refractivity contribution is 5.22. The molecule has 2 rings (SSSR count). The Morgan fingerprint density at radius 1 is 1.42 bits per heavy atom. The summed E-state index contributed by atoms with van der Waals surface area (Å²) in [4.78, 5) is 4.32. The van der Waals surface area contributed by atoms with Gasteiger partial charge >= 0.3 is 0 Å². The summed E-state index contributed by atoms with van der Waals surface area (Å²) in [7, 11) is 0. The minimum Gasteiger partial charge on any atom is -0.335 e. The molecular weight excluding hydrogens is 243 g/mol. The van der Waals surface area contributed by atoms with Crippen LogP contribution in [0.2, 0.25) is 0 Å². The van der Waals surface area contributed by atoms with Gasteiger partial charge in [0, 0.05) is 30.9 Å². The molecular formula is C14H19FN4. The van der Waals surface area contributed by atoms with E-state index >= 15 is 0 Å². The lowest BCUT2D eigenvalue weighted by molar-refractivity contribution is 0.489. The van der Waals surface area contributed by atoms with E-state index < -0.39 is 0 Å². The quantitative estimate of drug-likeness (QED) is 0.619. The summed E-state index contributed by atoms with van der Waals surface area (Å²) in [5, 5.41) is 0. The van der Waals surface area contributed by atoms with Gasteiger partial charge in [0.05, 0.1) is 6.04 Å². The lowest BCUT2D eigenvalue weighted by Crippen LogP contribution is -2.31. The first-order valence-electron chi connectivity index (χ1n) is 6.46. The summed E-state index contributed by atoms with van der Waals surface area (Å²) < 4.78 is 15.9. The van der Waals surface area contributed by atoms with E-state index in [1.54, 1.807) is 24.4 Å². The highest BCUT2D eigenvalue weighted by Crippen LogP contribution is 2.20. The number of imidazole rings is 1. The summed E-state index contributed by atoms with van der Waals surface area (Å²) in [6.45, 7) is 3.02. The van der Waals surface area contributed by atoms with Crippen molar-refractivity contribution in [3.63, 3.8) is 0 Å². The number of aryl methyl sites for hydroxylation is 1. The van der Waals surface area contributed by atoms with Gasteiger partial charge in [-0.05, 0) is 12.5 Å². The Morgan fingerprint density at radius 2 is 2.21 bits per heavy atom.